The predicted molar refractivity (Wildman–Crippen MR) is 125 cm³/mol. The molecule has 3 aromatic rings. The van der Waals surface area contributed by atoms with Crippen LogP contribution >= 0.6 is 0 Å². The Bertz CT molecular complexity index is 1090. The summed E-state index contributed by atoms with van der Waals surface area (Å²) in [6.45, 7) is 5.23. The second-order valence-electron chi connectivity index (χ2n) is 8.06. The summed E-state index contributed by atoms with van der Waals surface area (Å²) in [6.07, 6.45) is 0.904. The first-order valence-corrected chi connectivity index (χ1v) is 10.9. The van der Waals surface area contributed by atoms with Gasteiger partial charge in [-0.3, -0.25) is 9.69 Å². The van der Waals surface area contributed by atoms with Gasteiger partial charge in [0.2, 0.25) is 5.91 Å². The van der Waals surface area contributed by atoms with Gasteiger partial charge in [-0.05, 0) is 18.2 Å². The number of benzene rings is 2. The van der Waals surface area contributed by atoms with Crippen LogP contribution < -0.4 is 10.1 Å². The maximum atomic E-state index is 11.4. The van der Waals surface area contributed by atoms with Gasteiger partial charge in [0.05, 0.1) is 18.0 Å². The number of fused-ring (bicyclic) bond motifs is 1. The zero-order valence-corrected chi connectivity index (χ0v) is 18.9. The molecule has 1 aliphatic heterocycles. The average Bonchev–Trinajstić information content (AvgIpc) is 3.11. The minimum absolute atomic E-state index is 0.0802. The minimum Gasteiger partial charge on any atom is -0.491 e. The van der Waals surface area contributed by atoms with Crippen molar-refractivity contribution in [3.63, 3.8) is 0 Å². The van der Waals surface area contributed by atoms with E-state index >= 15 is 0 Å². The molecule has 0 atom stereocenters. The summed E-state index contributed by atoms with van der Waals surface area (Å²) in [5.74, 6) is 1.76. The number of imidazole rings is 1. The van der Waals surface area contributed by atoms with E-state index in [4.69, 9.17) is 14.5 Å². The molecule has 1 aromatic heterocycles. The fourth-order valence-corrected chi connectivity index (χ4v) is 4.12. The lowest BCUT2D eigenvalue weighted by Gasteiger charge is -2.27. The Morgan fingerprint density at radius 1 is 1.16 bits per heavy atom. The van der Waals surface area contributed by atoms with E-state index in [2.05, 4.69) is 34.0 Å². The smallest absolute Gasteiger partial charge is 0.221 e. The van der Waals surface area contributed by atoms with E-state index in [0.717, 1.165) is 54.6 Å². The highest BCUT2D eigenvalue weighted by molar-refractivity contribution is 5.89. The Balaban J connectivity index is 1.51. The molecule has 0 saturated heterocycles. The van der Waals surface area contributed by atoms with Gasteiger partial charge in [0, 0.05) is 64.0 Å². The van der Waals surface area contributed by atoms with E-state index in [9.17, 15) is 4.79 Å². The topological polar surface area (TPSA) is 68.6 Å². The predicted octanol–water partition coefficient (Wildman–Crippen LogP) is 3.63. The zero-order chi connectivity index (χ0) is 22.5. The summed E-state index contributed by atoms with van der Waals surface area (Å²) >= 11 is 0. The Kier molecular flexibility index (Phi) is 6.87. The Hall–Kier alpha value is -3.16. The van der Waals surface area contributed by atoms with Gasteiger partial charge in [-0.15, -0.1) is 0 Å². The molecule has 0 radical (unpaired) electrons. The quantitative estimate of drug-likeness (QED) is 0.549. The SMILES string of the molecule is COCCOc1ccccc1CN1CCc2nc(-c3cccc(NC(C)=O)c3)n(C)c2C1. The Morgan fingerprint density at radius 3 is 2.81 bits per heavy atom. The molecule has 1 N–H and O–H groups in total. The van der Waals surface area contributed by atoms with Crippen molar-refractivity contribution in [2.45, 2.75) is 26.4 Å². The molecule has 0 bridgehead atoms. The lowest BCUT2D eigenvalue weighted by Crippen LogP contribution is -2.31. The lowest BCUT2D eigenvalue weighted by molar-refractivity contribution is -0.114. The van der Waals surface area contributed by atoms with E-state index in [1.54, 1.807) is 7.11 Å². The van der Waals surface area contributed by atoms with Crippen molar-refractivity contribution < 1.29 is 14.3 Å². The van der Waals surface area contributed by atoms with Crippen LogP contribution in [0.4, 0.5) is 5.69 Å². The molecule has 0 unspecified atom stereocenters. The number of anilines is 1. The normalized spacial score (nSPS) is 13.6. The van der Waals surface area contributed by atoms with Gasteiger partial charge in [-0.25, -0.2) is 4.98 Å². The number of amides is 1. The number of nitrogens with one attached hydrogen (secondary N) is 1. The second kappa shape index (κ2) is 9.97. The van der Waals surface area contributed by atoms with Gasteiger partial charge in [0.15, 0.2) is 0 Å². The number of carbonyl (C=O) groups is 1. The largest absolute Gasteiger partial charge is 0.491 e. The van der Waals surface area contributed by atoms with Crippen molar-refractivity contribution in [1.29, 1.82) is 0 Å². The van der Waals surface area contributed by atoms with E-state index < -0.39 is 0 Å². The van der Waals surface area contributed by atoms with Crippen molar-refractivity contribution in [2.75, 3.05) is 32.2 Å². The number of aromatic nitrogens is 2. The molecular weight excluding hydrogens is 404 g/mol. The number of rotatable bonds is 8. The van der Waals surface area contributed by atoms with Crippen LogP contribution in [0.25, 0.3) is 11.4 Å². The highest BCUT2D eigenvalue weighted by Crippen LogP contribution is 2.29. The van der Waals surface area contributed by atoms with Crippen LogP contribution in [-0.4, -0.2) is 47.2 Å². The fraction of sp³-hybridized carbons (Fsp3) is 0.360. The molecule has 0 saturated carbocycles. The summed E-state index contributed by atoms with van der Waals surface area (Å²) in [5, 5.41) is 2.85. The molecule has 7 nitrogen and oxygen atoms in total. The zero-order valence-electron chi connectivity index (χ0n) is 18.9. The highest BCUT2D eigenvalue weighted by Gasteiger charge is 2.24. The van der Waals surface area contributed by atoms with Gasteiger partial charge in [0.1, 0.15) is 18.2 Å². The molecule has 0 aliphatic carbocycles. The van der Waals surface area contributed by atoms with Crippen molar-refractivity contribution in [3.8, 4) is 17.1 Å². The Morgan fingerprint density at radius 2 is 2.00 bits per heavy atom. The third-order valence-electron chi connectivity index (χ3n) is 5.69. The molecule has 4 rings (SSSR count). The summed E-state index contributed by atoms with van der Waals surface area (Å²) in [6, 6.07) is 16.0. The van der Waals surface area contributed by atoms with Crippen LogP contribution in [0.2, 0.25) is 0 Å². The van der Waals surface area contributed by atoms with Gasteiger partial charge in [-0.1, -0.05) is 30.3 Å². The number of methoxy groups -OCH3 is 1. The monoisotopic (exact) mass is 434 g/mol. The van der Waals surface area contributed by atoms with Crippen LogP contribution in [0.15, 0.2) is 48.5 Å². The molecule has 32 heavy (non-hydrogen) atoms. The molecule has 2 aromatic carbocycles. The van der Waals surface area contributed by atoms with Crippen LogP contribution in [0.5, 0.6) is 5.75 Å². The van der Waals surface area contributed by atoms with Gasteiger partial charge in [-0.2, -0.15) is 0 Å². The van der Waals surface area contributed by atoms with Gasteiger partial charge < -0.3 is 19.4 Å². The standard InChI is InChI=1S/C25H30N4O3/c1-18(30)26-21-9-6-8-19(15-21)25-27-22-11-12-29(17-23(22)28(25)2)16-20-7-4-5-10-24(20)32-14-13-31-3/h4-10,15H,11-14,16-17H2,1-3H3,(H,26,30). The van der Waals surface area contributed by atoms with Crippen LogP contribution in [0.3, 0.4) is 0 Å². The molecule has 7 heteroatoms. The van der Waals surface area contributed by atoms with Crippen LogP contribution in [0, 0.1) is 0 Å². The first kappa shape index (κ1) is 22.0. The molecule has 1 amide bonds. The van der Waals surface area contributed by atoms with Gasteiger partial charge in [0.25, 0.3) is 0 Å². The number of ether oxygens (including phenoxy) is 2. The average molecular weight is 435 g/mol. The number of hydrogen-bond acceptors (Lipinski definition) is 5. The van der Waals surface area contributed by atoms with Crippen LogP contribution in [-0.2, 0) is 36.1 Å². The minimum atomic E-state index is -0.0802. The van der Waals surface area contributed by atoms with Crippen molar-refractivity contribution in [1.82, 2.24) is 14.5 Å². The van der Waals surface area contributed by atoms with Crippen LogP contribution in [0.1, 0.15) is 23.9 Å². The molecule has 1 aliphatic rings. The molecule has 168 valence electrons. The number of nitrogens with zero attached hydrogens (tertiary/aromatic N) is 3. The van der Waals surface area contributed by atoms with E-state index in [0.29, 0.717) is 13.2 Å². The third-order valence-corrected chi connectivity index (χ3v) is 5.69. The van der Waals surface area contributed by atoms with E-state index in [1.165, 1.54) is 18.2 Å². The van der Waals surface area contributed by atoms with Gasteiger partial charge >= 0.3 is 0 Å². The molecule has 0 spiro atoms. The van der Waals surface area contributed by atoms with Crippen molar-refractivity contribution in [3.05, 3.63) is 65.5 Å². The summed E-state index contributed by atoms with van der Waals surface area (Å²) in [4.78, 5) is 18.8. The number of para-hydroxylation sites is 1. The Labute approximate surface area is 189 Å². The molecular formula is C25H30N4O3. The maximum absolute atomic E-state index is 11.4. The van der Waals surface area contributed by atoms with Crippen molar-refractivity contribution in [2.24, 2.45) is 7.05 Å². The maximum Gasteiger partial charge on any atom is 0.221 e. The van der Waals surface area contributed by atoms with E-state index in [1.807, 2.05) is 36.4 Å². The fourth-order valence-electron chi connectivity index (χ4n) is 4.12. The lowest BCUT2D eigenvalue weighted by atomic mass is 10.1. The summed E-state index contributed by atoms with van der Waals surface area (Å²) in [5.41, 5.74) is 5.33. The summed E-state index contributed by atoms with van der Waals surface area (Å²) in [7, 11) is 3.75. The third kappa shape index (κ3) is 5.00. The highest BCUT2D eigenvalue weighted by atomic mass is 16.5. The van der Waals surface area contributed by atoms with Crippen molar-refractivity contribution >= 4 is 11.6 Å². The molecule has 0 fully saturated rings. The number of hydrogen-bond donors (Lipinski definition) is 1. The first-order valence-electron chi connectivity index (χ1n) is 10.9. The first-order chi connectivity index (χ1) is 15.5. The van der Waals surface area contributed by atoms with E-state index in [-0.39, 0.29) is 5.91 Å². The second-order valence-corrected chi connectivity index (χ2v) is 8.06. The summed E-state index contributed by atoms with van der Waals surface area (Å²) < 4.78 is 13.2. The number of carbonyl (C=O) groups excluding carboxylic acids is 1. The molecule has 2 heterocycles.